The molecule has 11 heteroatoms. The standard InChI is InChI=1S/C29H52O4.H4O5P2/c1-3-5-7-9-11-13-15-18-25-19-17-21-27(28(33)29(22-30,23-31)24-32)26(25)20-16-14-12-10-8-6-4-2;1-6(2)5-7(3)4/h17,19,21,28,30-33H,3-16,18,20,22-24H2,1-2H3;1-4H. The highest BCUT2D eigenvalue weighted by Gasteiger charge is 2.38. The number of rotatable bonds is 23. The van der Waals surface area contributed by atoms with Crippen molar-refractivity contribution in [1.29, 1.82) is 0 Å². The van der Waals surface area contributed by atoms with Crippen LogP contribution >= 0.6 is 17.2 Å². The first kappa shape index (κ1) is 39.7. The third kappa shape index (κ3) is 17.0. The van der Waals surface area contributed by atoms with Crippen molar-refractivity contribution >= 4 is 17.2 Å². The lowest BCUT2D eigenvalue weighted by Crippen LogP contribution is -2.40. The average molecular weight is 611 g/mol. The van der Waals surface area contributed by atoms with E-state index in [-0.39, 0.29) is 0 Å². The van der Waals surface area contributed by atoms with Crippen molar-refractivity contribution in [3.63, 3.8) is 0 Å². The van der Waals surface area contributed by atoms with Gasteiger partial charge >= 0.3 is 17.2 Å². The van der Waals surface area contributed by atoms with Crippen LogP contribution in [0.5, 0.6) is 0 Å². The maximum absolute atomic E-state index is 11.1. The molecule has 0 aliphatic carbocycles. The van der Waals surface area contributed by atoms with E-state index < -0.39 is 48.5 Å². The van der Waals surface area contributed by atoms with E-state index in [1.54, 1.807) is 0 Å². The van der Waals surface area contributed by atoms with E-state index >= 15 is 0 Å². The van der Waals surface area contributed by atoms with Crippen LogP contribution in [-0.4, -0.2) is 59.8 Å². The van der Waals surface area contributed by atoms with E-state index in [1.807, 2.05) is 12.1 Å². The molecule has 0 saturated heterocycles. The summed E-state index contributed by atoms with van der Waals surface area (Å²) < 4.78 is 3.60. The van der Waals surface area contributed by atoms with E-state index in [2.05, 4.69) is 24.2 Å². The highest BCUT2D eigenvalue weighted by Crippen LogP contribution is 2.41. The first-order valence-corrected chi connectivity index (χ1v) is 17.2. The Morgan fingerprint density at radius 3 is 1.48 bits per heavy atom. The maximum atomic E-state index is 11.1. The van der Waals surface area contributed by atoms with Gasteiger partial charge in [0.1, 0.15) is 0 Å². The van der Waals surface area contributed by atoms with Gasteiger partial charge < -0.3 is 40.0 Å². The fourth-order valence-electron chi connectivity index (χ4n) is 4.79. The highest BCUT2D eigenvalue weighted by molar-refractivity contribution is 7.53. The van der Waals surface area contributed by atoms with Crippen LogP contribution in [0.15, 0.2) is 18.2 Å². The molecule has 0 fully saturated rings. The van der Waals surface area contributed by atoms with Gasteiger partial charge in [-0.05, 0) is 42.4 Å². The monoisotopic (exact) mass is 610 g/mol. The van der Waals surface area contributed by atoms with E-state index in [9.17, 15) is 20.4 Å². The number of aryl methyl sites for hydroxylation is 1. The van der Waals surface area contributed by atoms with E-state index in [0.717, 1.165) is 36.8 Å². The number of benzene rings is 1. The zero-order valence-electron chi connectivity index (χ0n) is 24.6. The molecule has 0 aliphatic heterocycles. The number of hydrogen-bond donors (Lipinski definition) is 8. The van der Waals surface area contributed by atoms with E-state index in [4.69, 9.17) is 19.6 Å². The van der Waals surface area contributed by atoms with Crippen molar-refractivity contribution in [2.75, 3.05) is 19.8 Å². The lowest BCUT2D eigenvalue weighted by molar-refractivity contribution is -0.0855. The van der Waals surface area contributed by atoms with Gasteiger partial charge in [0.25, 0.3) is 0 Å². The molecule has 0 spiro atoms. The van der Waals surface area contributed by atoms with Crippen LogP contribution in [0, 0.1) is 5.41 Å². The van der Waals surface area contributed by atoms with Gasteiger partial charge in [0, 0.05) is 0 Å². The Bertz CT molecular complexity index is 704. The maximum Gasteiger partial charge on any atom is 0.334 e. The summed E-state index contributed by atoms with van der Waals surface area (Å²) in [5.41, 5.74) is 1.86. The number of unbranched alkanes of at least 4 members (excludes halogenated alkanes) is 12. The fraction of sp³-hybridized carbons (Fsp3) is 0.793. The molecular weight excluding hydrogens is 554 g/mol. The zero-order valence-corrected chi connectivity index (χ0v) is 26.4. The van der Waals surface area contributed by atoms with Crippen LogP contribution in [0.3, 0.4) is 0 Å². The minimum absolute atomic E-state index is 0.458. The first-order valence-electron chi connectivity index (χ1n) is 14.9. The Balaban J connectivity index is 0.00000191. The van der Waals surface area contributed by atoms with Gasteiger partial charge in [-0.1, -0.05) is 109 Å². The van der Waals surface area contributed by atoms with Crippen LogP contribution < -0.4 is 0 Å². The summed E-state index contributed by atoms with van der Waals surface area (Å²) in [5, 5.41) is 40.8. The summed E-state index contributed by atoms with van der Waals surface area (Å²) in [6.45, 7) is 3.10. The normalized spacial score (nSPS) is 12.6. The number of hydrogen-bond acceptors (Lipinski definition) is 9. The van der Waals surface area contributed by atoms with Gasteiger partial charge in [0.05, 0.1) is 31.3 Å². The molecule has 8 N–H and O–H groups in total. The summed E-state index contributed by atoms with van der Waals surface area (Å²) in [7, 11) is -5.22. The minimum atomic E-state index is -2.61. The van der Waals surface area contributed by atoms with Gasteiger partial charge in [-0.25, -0.2) is 4.31 Å². The molecule has 0 heterocycles. The van der Waals surface area contributed by atoms with Crippen molar-refractivity contribution < 1.29 is 44.3 Å². The van der Waals surface area contributed by atoms with Crippen molar-refractivity contribution in [2.24, 2.45) is 5.41 Å². The number of aliphatic hydroxyl groups is 4. The van der Waals surface area contributed by atoms with E-state index in [1.165, 1.54) is 82.6 Å². The summed E-state index contributed by atoms with van der Waals surface area (Å²) in [6, 6.07) is 6.05. The molecule has 1 aromatic carbocycles. The Kier molecular flexibility index (Phi) is 25.1. The van der Waals surface area contributed by atoms with Gasteiger partial charge in [-0.15, -0.1) is 0 Å². The lowest BCUT2D eigenvalue weighted by atomic mass is 9.77. The van der Waals surface area contributed by atoms with E-state index in [0.29, 0.717) is 0 Å². The molecular formula is C29H56O9P2. The predicted molar refractivity (Wildman–Crippen MR) is 162 cm³/mol. The molecule has 40 heavy (non-hydrogen) atoms. The molecule has 1 unspecified atom stereocenters. The molecule has 9 nitrogen and oxygen atoms in total. The Labute approximate surface area is 244 Å². The smallest absolute Gasteiger partial charge is 0.334 e. The Morgan fingerprint density at radius 1 is 0.650 bits per heavy atom. The van der Waals surface area contributed by atoms with Crippen LogP contribution in [0.1, 0.15) is 127 Å². The van der Waals surface area contributed by atoms with Crippen LogP contribution in [0.4, 0.5) is 0 Å². The SMILES string of the molecule is CCCCCCCCCc1cccc(C(O)C(CO)(CO)CO)c1CCCCCCCCC.OP(O)OP(O)O. The molecule has 1 aromatic rings. The molecule has 1 atom stereocenters. The zero-order chi connectivity index (χ0) is 30.2. The molecule has 0 radical (unpaired) electrons. The highest BCUT2D eigenvalue weighted by atomic mass is 31.2. The van der Waals surface area contributed by atoms with Crippen molar-refractivity contribution in [1.82, 2.24) is 0 Å². The van der Waals surface area contributed by atoms with Gasteiger partial charge in [0.2, 0.25) is 0 Å². The topological polar surface area (TPSA) is 171 Å². The minimum Gasteiger partial charge on any atom is -0.395 e. The molecule has 0 aromatic heterocycles. The van der Waals surface area contributed by atoms with Gasteiger partial charge in [0.15, 0.2) is 0 Å². The molecule has 0 saturated carbocycles. The second-order valence-electron chi connectivity index (χ2n) is 10.6. The predicted octanol–water partition coefficient (Wildman–Crippen LogP) is 5.70. The van der Waals surface area contributed by atoms with Crippen LogP contribution in [0.25, 0.3) is 0 Å². The van der Waals surface area contributed by atoms with Crippen molar-refractivity contribution in [3.8, 4) is 0 Å². The third-order valence-corrected chi connectivity index (χ3v) is 8.52. The van der Waals surface area contributed by atoms with Crippen LogP contribution in [0.2, 0.25) is 0 Å². The summed E-state index contributed by atoms with van der Waals surface area (Å²) in [6.07, 6.45) is 18.3. The third-order valence-electron chi connectivity index (χ3n) is 7.35. The second kappa shape index (κ2) is 25.2. The Hall–Kier alpha value is -0.280. The fourth-order valence-corrected chi connectivity index (χ4v) is 5.31. The average Bonchev–Trinajstić information content (AvgIpc) is 2.93. The quantitative estimate of drug-likeness (QED) is 0.0572. The molecule has 0 aliphatic rings. The lowest BCUT2D eigenvalue weighted by Gasteiger charge is -2.34. The van der Waals surface area contributed by atoms with Gasteiger partial charge in [-0.3, -0.25) is 0 Å². The van der Waals surface area contributed by atoms with Crippen molar-refractivity contribution in [3.05, 3.63) is 34.9 Å². The van der Waals surface area contributed by atoms with Gasteiger partial charge in [-0.2, -0.15) is 0 Å². The second-order valence-corrected chi connectivity index (χ2v) is 12.2. The molecule has 1 rings (SSSR count). The molecule has 236 valence electrons. The molecule has 0 amide bonds. The summed E-state index contributed by atoms with van der Waals surface area (Å²) in [5.74, 6) is 0. The summed E-state index contributed by atoms with van der Waals surface area (Å²) in [4.78, 5) is 31.3. The number of aliphatic hydroxyl groups excluding tert-OH is 4. The largest absolute Gasteiger partial charge is 0.395 e. The van der Waals surface area contributed by atoms with Crippen LogP contribution in [-0.2, 0) is 17.2 Å². The Morgan fingerprint density at radius 2 is 1.07 bits per heavy atom. The molecule has 0 bridgehead atoms. The summed E-state index contributed by atoms with van der Waals surface area (Å²) >= 11 is 0. The first-order chi connectivity index (χ1) is 19.2. The van der Waals surface area contributed by atoms with Crippen molar-refractivity contribution in [2.45, 2.75) is 123 Å².